The third-order valence-corrected chi connectivity index (χ3v) is 3.50. The number of carbonyl (C=O) groups excluding carboxylic acids is 1. The molecule has 0 aliphatic rings. The molecule has 0 amide bonds. The molecule has 4 heteroatoms. The van der Waals surface area contributed by atoms with E-state index in [1.807, 2.05) is 13.8 Å². The molecule has 2 nitrogen and oxygen atoms in total. The van der Waals surface area contributed by atoms with E-state index in [0.29, 0.717) is 17.7 Å². The van der Waals surface area contributed by atoms with E-state index in [9.17, 15) is 4.79 Å². The summed E-state index contributed by atoms with van der Waals surface area (Å²) >= 11 is 4.82. The van der Waals surface area contributed by atoms with E-state index in [1.165, 1.54) is 11.3 Å². The van der Waals surface area contributed by atoms with Crippen LogP contribution in [0.5, 0.6) is 0 Å². The zero-order valence-electron chi connectivity index (χ0n) is 6.98. The van der Waals surface area contributed by atoms with Crippen molar-refractivity contribution in [3.05, 3.63) is 14.2 Å². The minimum Gasteiger partial charge on any atom is -0.397 e. The van der Waals surface area contributed by atoms with Crippen molar-refractivity contribution >= 4 is 38.7 Å². The molecule has 0 spiro atoms. The van der Waals surface area contributed by atoms with Crippen LogP contribution in [-0.4, -0.2) is 5.78 Å². The zero-order valence-corrected chi connectivity index (χ0v) is 9.38. The first kappa shape index (κ1) is 9.74. The minimum absolute atomic E-state index is 0.118. The first-order chi connectivity index (χ1) is 5.57. The van der Waals surface area contributed by atoms with Gasteiger partial charge in [-0.05, 0) is 22.9 Å². The molecule has 2 N–H and O–H groups in total. The lowest BCUT2D eigenvalue weighted by molar-refractivity contribution is 0.0989. The molecule has 66 valence electrons. The van der Waals surface area contributed by atoms with E-state index >= 15 is 0 Å². The van der Waals surface area contributed by atoms with Gasteiger partial charge in [0.05, 0.1) is 15.0 Å². The van der Waals surface area contributed by atoms with Crippen LogP contribution in [0.15, 0.2) is 3.79 Å². The zero-order chi connectivity index (χ0) is 9.30. The lowest BCUT2D eigenvalue weighted by atomic mass is 10.1. The number of hydrogen-bond acceptors (Lipinski definition) is 3. The number of anilines is 1. The fourth-order valence-corrected chi connectivity index (χ4v) is 2.79. The number of Topliss-reactive ketones (excluding diaryl/α,β-unsaturated/α-hetero) is 1. The normalized spacial score (nSPS) is 10.2. The molecule has 0 aliphatic carbocycles. The first-order valence-corrected chi connectivity index (χ1v) is 5.26. The standard InChI is InChI=1S/C8H10BrNOS/c1-3-5(11)6-4(2)12-8(9)7(6)10/h3,10H2,1-2H3. The van der Waals surface area contributed by atoms with Crippen LogP contribution in [0.1, 0.15) is 28.6 Å². The smallest absolute Gasteiger partial charge is 0.165 e. The van der Waals surface area contributed by atoms with Gasteiger partial charge in [0.2, 0.25) is 0 Å². The molecule has 0 fully saturated rings. The van der Waals surface area contributed by atoms with Crippen LogP contribution >= 0.6 is 27.3 Å². The molecule has 1 rings (SSSR count). The van der Waals surface area contributed by atoms with E-state index < -0.39 is 0 Å². The van der Waals surface area contributed by atoms with Crippen LogP contribution in [0, 0.1) is 6.92 Å². The number of thiophene rings is 1. The Kier molecular flexibility index (Phi) is 2.90. The summed E-state index contributed by atoms with van der Waals surface area (Å²) in [6, 6.07) is 0. The molecule has 0 bridgehead atoms. The second kappa shape index (κ2) is 3.58. The molecule has 0 atom stereocenters. The summed E-state index contributed by atoms with van der Waals surface area (Å²) in [5.74, 6) is 0.118. The van der Waals surface area contributed by atoms with Crippen LogP contribution in [0.3, 0.4) is 0 Å². The fourth-order valence-electron chi connectivity index (χ4n) is 1.05. The molecular weight excluding hydrogens is 238 g/mol. The van der Waals surface area contributed by atoms with E-state index in [-0.39, 0.29) is 5.78 Å². The Morgan fingerprint density at radius 3 is 2.58 bits per heavy atom. The molecule has 1 heterocycles. The minimum atomic E-state index is 0.118. The summed E-state index contributed by atoms with van der Waals surface area (Å²) in [6.07, 6.45) is 0.508. The highest BCUT2D eigenvalue weighted by molar-refractivity contribution is 9.11. The Balaban J connectivity index is 3.22. The monoisotopic (exact) mass is 247 g/mol. The third kappa shape index (κ3) is 1.54. The fraction of sp³-hybridized carbons (Fsp3) is 0.375. The van der Waals surface area contributed by atoms with Gasteiger partial charge in [-0.15, -0.1) is 11.3 Å². The molecule has 1 aromatic heterocycles. The van der Waals surface area contributed by atoms with Gasteiger partial charge in [0.1, 0.15) is 0 Å². The molecule has 0 aliphatic heterocycles. The van der Waals surface area contributed by atoms with Gasteiger partial charge in [-0.2, -0.15) is 0 Å². The third-order valence-electron chi connectivity index (χ3n) is 1.68. The van der Waals surface area contributed by atoms with Crippen LogP contribution < -0.4 is 5.73 Å². The van der Waals surface area contributed by atoms with E-state index in [1.54, 1.807) is 0 Å². The molecule has 1 aromatic rings. The molecule has 12 heavy (non-hydrogen) atoms. The molecule has 0 aromatic carbocycles. The van der Waals surface area contributed by atoms with Gasteiger partial charge in [-0.1, -0.05) is 6.92 Å². The average Bonchev–Trinajstić information content (AvgIpc) is 2.26. The second-order valence-corrected chi connectivity index (χ2v) is 5.04. The van der Waals surface area contributed by atoms with Gasteiger partial charge in [-0.3, -0.25) is 4.79 Å². The number of nitrogens with two attached hydrogens (primary N) is 1. The van der Waals surface area contributed by atoms with Gasteiger partial charge in [0.25, 0.3) is 0 Å². The number of rotatable bonds is 2. The van der Waals surface area contributed by atoms with Gasteiger partial charge in [-0.25, -0.2) is 0 Å². The summed E-state index contributed by atoms with van der Waals surface area (Å²) < 4.78 is 0.858. The number of aryl methyl sites for hydroxylation is 1. The topological polar surface area (TPSA) is 43.1 Å². The highest BCUT2D eigenvalue weighted by atomic mass is 79.9. The second-order valence-electron chi connectivity index (χ2n) is 2.50. The summed E-state index contributed by atoms with van der Waals surface area (Å²) in [5, 5.41) is 0. The van der Waals surface area contributed by atoms with Gasteiger partial charge >= 0.3 is 0 Å². The predicted octanol–water partition coefficient (Wildman–Crippen LogP) is 2.99. The first-order valence-electron chi connectivity index (χ1n) is 3.65. The van der Waals surface area contributed by atoms with Crippen molar-refractivity contribution in [2.75, 3.05) is 5.73 Å². The lowest BCUT2D eigenvalue weighted by Gasteiger charge is -1.97. The Bertz CT molecular complexity index is 319. The van der Waals surface area contributed by atoms with Crippen molar-refractivity contribution < 1.29 is 4.79 Å². The van der Waals surface area contributed by atoms with Gasteiger partial charge in [0, 0.05) is 11.3 Å². The van der Waals surface area contributed by atoms with Crippen LogP contribution in [0.4, 0.5) is 5.69 Å². The lowest BCUT2D eigenvalue weighted by Crippen LogP contribution is -2.00. The van der Waals surface area contributed by atoms with Crippen LogP contribution in [-0.2, 0) is 0 Å². The predicted molar refractivity (Wildman–Crippen MR) is 55.8 cm³/mol. The summed E-state index contributed by atoms with van der Waals surface area (Å²) in [6.45, 7) is 3.75. The Labute approximate surface area is 83.9 Å². The number of nitrogen functional groups attached to an aromatic ring is 1. The number of ketones is 1. The van der Waals surface area contributed by atoms with Crippen molar-refractivity contribution in [1.82, 2.24) is 0 Å². The largest absolute Gasteiger partial charge is 0.397 e. The molecule has 0 unspecified atom stereocenters. The van der Waals surface area contributed by atoms with E-state index in [2.05, 4.69) is 15.9 Å². The Morgan fingerprint density at radius 2 is 2.25 bits per heavy atom. The Morgan fingerprint density at radius 1 is 1.67 bits per heavy atom. The van der Waals surface area contributed by atoms with Crippen LogP contribution in [0.25, 0.3) is 0 Å². The maximum absolute atomic E-state index is 11.4. The van der Waals surface area contributed by atoms with Gasteiger partial charge < -0.3 is 5.73 Å². The van der Waals surface area contributed by atoms with Crippen molar-refractivity contribution in [3.63, 3.8) is 0 Å². The van der Waals surface area contributed by atoms with Crippen molar-refractivity contribution in [3.8, 4) is 0 Å². The molecule has 0 saturated heterocycles. The number of carbonyl (C=O) groups is 1. The van der Waals surface area contributed by atoms with E-state index in [0.717, 1.165) is 8.66 Å². The van der Waals surface area contributed by atoms with Crippen molar-refractivity contribution in [2.24, 2.45) is 0 Å². The van der Waals surface area contributed by atoms with Crippen molar-refractivity contribution in [1.29, 1.82) is 0 Å². The maximum Gasteiger partial charge on any atom is 0.165 e. The highest BCUT2D eigenvalue weighted by Crippen LogP contribution is 2.35. The van der Waals surface area contributed by atoms with Crippen molar-refractivity contribution in [2.45, 2.75) is 20.3 Å². The molecule has 0 saturated carbocycles. The average molecular weight is 248 g/mol. The SMILES string of the molecule is CCC(=O)c1c(C)sc(Br)c1N. The summed E-state index contributed by atoms with van der Waals surface area (Å²) in [7, 11) is 0. The molecule has 0 radical (unpaired) electrons. The number of halogens is 1. The van der Waals surface area contributed by atoms with Crippen LogP contribution in [0.2, 0.25) is 0 Å². The summed E-state index contributed by atoms with van der Waals surface area (Å²) in [4.78, 5) is 12.4. The highest BCUT2D eigenvalue weighted by Gasteiger charge is 2.16. The van der Waals surface area contributed by atoms with E-state index in [4.69, 9.17) is 5.73 Å². The van der Waals surface area contributed by atoms with Gasteiger partial charge in [0.15, 0.2) is 5.78 Å². The number of hydrogen-bond donors (Lipinski definition) is 1. The quantitative estimate of drug-likeness (QED) is 0.817. The Hall–Kier alpha value is -0.350. The molecular formula is C8H10BrNOS. The summed E-state index contributed by atoms with van der Waals surface area (Å²) in [5.41, 5.74) is 7.00. The maximum atomic E-state index is 11.4.